The summed E-state index contributed by atoms with van der Waals surface area (Å²) in [4.78, 5) is 29.1. The van der Waals surface area contributed by atoms with Crippen LogP contribution in [-0.2, 0) is 0 Å². The van der Waals surface area contributed by atoms with Crippen LogP contribution in [0.5, 0.6) is 0 Å². The molecule has 2 fully saturated rings. The number of hydrogen-bond donors (Lipinski definition) is 0. The number of halogens is 6. The molecule has 2 atom stereocenters. The Hall–Kier alpha value is -0.880. The van der Waals surface area contributed by atoms with Crippen LogP contribution in [-0.4, -0.2) is 31.5 Å². The minimum atomic E-state index is -1.24. The van der Waals surface area contributed by atoms with Gasteiger partial charge in [-0.1, -0.05) is 69.6 Å². The van der Waals surface area contributed by atoms with Crippen LogP contribution >= 0.6 is 69.6 Å². The number of ketones is 2. The lowest BCUT2D eigenvalue weighted by Crippen LogP contribution is -2.21. The van der Waals surface area contributed by atoms with Crippen LogP contribution < -0.4 is 9.80 Å². The molecule has 2 aromatic rings. The first-order chi connectivity index (χ1) is 13.1. The molecule has 0 radical (unpaired) electrons. The molecule has 3 aliphatic rings. The standard InChI is InChI=1S/C18H8Cl6N2O2/c19-15-17(21,22)25(15)7-1-3-9-11(5-7)14(28)10-4-2-8(6-12(10)13(9)27)26-16(20)18(26,23)24/h1-6,15-16H. The molecule has 0 saturated carbocycles. The fourth-order valence-corrected chi connectivity index (χ4v) is 5.27. The van der Waals surface area contributed by atoms with Gasteiger partial charge in [-0.3, -0.25) is 9.59 Å². The van der Waals surface area contributed by atoms with Crippen LogP contribution in [0, 0.1) is 0 Å². The van der Waals surface area contributed by atoms with Crippen LogP contribution in [0.3, 0.4) is 0 Å². The number of rotatable bonds is 2. The summed E-state index contributed by atoms with van der Waals surface area (Å²) in [6.45, 7) is 0. The maximum absolute atomic E-state index is 13.0. The van der Waals surface area contributed by atoms with Gasteiger partial charge in [-0.15, -0.1) is 0 Å². The van der Waals surface area contributed by atoms with Crippen molar-refractivity contribution in [3.05, 3.63) is 58.7 Å². The van der Waals surface area contributed by atoms with E-state index in [9.17, 15) is 9.59 Å². The van der Waals surface area contributed by atoms with E-state index in [-0.39, 0.29) is 33.8 Å². The molecule has 4 nitrogen and oxygen atoms in total. The van der Waals surface area contributed by atoms with Gasteiger partial charge in [-0.05, 0) is 36.4 Å². The van der Waals surface area contributed by atoms with E-state index in [0.29, 0.717) is 11.4 Å². The van der Waals surface area contributed by atoms with Crippen molar-refractivity contribution < 1.29 is 9.59 Å². The summed E-state index contributed by atoms with van der Waals surface area (Å²) >= 11 is 36.5. The Morgan fingerprint density at radius 1 is 0.643 bits per heavy atom. The zero-order chi connectivity index (χ0) is 20.2. The molecule has 0 spiro atoms. The summed E-state index contributed by atoms with van der Waals surface area (Å²) < 4.78 is -2.48. The van der Waals surface area contributed by atoms with Crippen molar-refractivity contribution in [2.75, 3.05) is 9.80 Å². The van der Waals surface area contributed by atoms with Gasteiger partial charge in [-0.25, -0.2) is 0 Å². The summed E-state index contributed by atoms with van der Waals surface area (Å²) in [6.07, 6.45) is 0. The molecule has 2 aromatic carbocycles. The molecule has 0 N–H and O–H groups in total. The van der Waals surface area contributed by atoms with Crippen LogP contribution in [0.25, 0.3) is 0 Å². The number of carbonyl (C=O) groups is 2. The van der Waals surface area contributed by atoms with E-state index in [2.05, 4.69) is 0 Å². The molecule has 5 rings (SSSR count). The number of anilines is 2. The van der Waals surface area contributed by atoms with Crippen molar-refractivity contribution in [3.8, 4) is 0 Å². The number of benzene rings is 2. The number of hydrogen-bond acceptors (Lipinski definition) is 4. The molecule has 0 bridgehead atoms. The maximum atomic E-state index is 13.0. The van der Waals surface area contributed by atoms with Crippen molar-refractivity contribution >= 4 is 92.5 Å². The molecule has 2 heterocycles. The highest BCUT2D eigenvalue weighted by atomic mass is 35.5. The first kappa shape index (κ1) is 19.1. The number of alkyl halides is 6. The van der Waals surface area contributed by atoms with Gasteiger partial charge in [0.15, 0.2) is 22.6 Å². The van der Waals surface area contributed by atoms with Gasteiger partial charge in [0.1, 0.15) is 0 Å². The summed E-state index contributed by atoms with van der Waals surface area (Å²) in [5.74, 6) is -0.561. The summed E-state index contributed by atoms with van der Waals surface area (Å²) in [6, 6.07) is 9.61. The van der Waals surface area contributed by atoms with Crippen molar-refractivity contribution in [2.24, 2.45) is 0 Å². The number of carbonyl (C=O) groups excluding carboxylic acids is 2. The lowest BCUT2D eigenvalue weighted by molar-refractivity contribution is 0.0979. The van der Waals surface area contributed by atoms with Crippen molar-refractivity contribution in [2.45, 2.75) is 19.9 Å². The molecule has 2 unspecified atom stereocenters. The van der Waals surface area contributed by atoms with Gasteiger partial charge in [0.25, 0.3) is 0 Å². The van der Waals surface area contributed by atoms with E-state index in [0.717, 1.165) is 0 Å². The second kappa shape index (κ2) is 5.84. The number of nitrogens with zero attached hydrogens (tertiary/aromatic N) is 2. The highest BCUT2D eigenvalue weighted by Crippen LogP contribution is 2.55. The third-order valence-electron chi connectivity index (χ3n) is 5.07. The Bertz CT molecular complexity index is 1000. The van der Waals surface area contributed by atoms with Crippen molar-refractivity contribution in [3.63, 3.8) is 0 Å². The second-order valence-corrected chi connectivity index (χ2v) is 10.2. The average molecular weight is 497 g/mol. The summed E-state index contributed by atoms with van der Waals surface area (Å²) in [5, 5.41) is 0. The molecule has 28 heavy (non-hydrogen) atoms. The first-order valence-electron chi connectivity index (χ1n) is 8.06. The predicted molar refractivity (Wildman–Crippen MR) is 113 cm³/mol. The Labute approximate surface area is 189 Å². The highest BCUT2D eigenvalue weighted by Gasteiger charge is 2.61. The van der Waals surface area contributed by atoms with Crippen molar-refractivity contribution in [1.82, 2.24) is 0 Å². The molecular formula is C18H8Cl6N2O2. The molecule has 10 heteroatoms. The van der Waals surface area contributed by atoms with Crippen LogP contribution in [0.2, 0.25) is 0 Å². The van der Waals surface area contributed by atoms with Gasteiger partial charge in [0, 0.05) is 33.6 Å². The zero-order valence-electron chi connectivity index (χ0n) is 13.6. The smallest absolute Gasteiger partial charge is 0.226 e. The molecule has 0 aromatic heterocycles. The quantitative estimate of drug-likeness (QED) is 0.267. The van der Waals surface area contributed by atoms with E-state index in [1.807, 2.05) is 0 Å². The largest absolute Gasteiger partial charge is 0.316 e. The zero-order valence-corrected chi connectivity index (χ0v) is 18.1. The van der Waals surface area contributed by atoms with Gasteiger partial charge in [0.2, 0.25) is 8.91 Å². The van der Waals surface area contributed by atoms with E-state index in [1.54, 1.807) is 36.4 Å². The van der Waals surface area contributed by atoms with Gasteiger partial charge in [-0.2, -0.15) is 0 Å². The predicted octanol–water partition coefficient (Wildman–Crippen LogP) is 5.49. The Morgan fingerprint density at radius 2 is 0.964 bits per heavy atom. The summed E-state index contributed by atoms with van der Waals surface area (Å²) in [7, 11) is 0. The SMILES string of the molecule is O=C1c2ccc(N3C(Cl)C3(Cl)Cl)cc2C(=O)c2ccc(N3C(Cl)C3(Cl)Cl)cc21. The minimum Gasteiger partial charge on any atom is -0.316 e. The van der Waals surface area contributed by atoms with Crippen molar-refractivity contribution in [1.29, 1.82) is 0 Å². The minimum absolute atomic E-state index is 0.272. The monoisotopic (exact) mass is 494 g/mol. The van der Waals surface area contributed by atoms with E-state index in [1.165, 1.54) is 9.80 Å². The highest BCUT2D eigenvalue weighted by molar-refractivity contribution is 6.59. The fraction of sp³-hybridized carbons (Fsp3) is 0.222. The van der Waals surface area contributed by atoms with E-state index >= 15 is 0 Å². The summed E-state index contributed by atoms with van der Waals surface area (Å²) in [5.41, 5.74) is 1.03. The first-order valence-corrected chi connectivity index (χ1v) is 10.4. The topological polar surface area (TPSA) is 40.2 Å². The Morgan fingerprint density at radius 3 is 1.25 bits per heavy atom. The molecule has 1 aliphatic carbocycles. The molecule has 0 amide bonds. The average Bonchev–Trinajstić information content (AvgIpc) is 3.37. The number of fused-ring (bicyclic) bond motifs is 2. The normalized spacial score (nSPS) is 26.1. The van der Waals surface area contributed by atoms with Crippen LogP contribution in [0.4, 0.5) is 11.4 Å². The molecular weight excluding hydrogens is 489 g/mol. The Kier molecular flexibility index (Phi) is 3.99. The maximum Gasteiger partial charge on any atom is 0.226 e. The van der Waals surface area contributed by atoms with Crippen LogP contribution in [0.15, 0.2) is 36.4 Å². The third-order valence-corrected chi connectivity index (χ3v) is 8.10. The van der Waals surface area contributed by atoms with Gasteiger partial charge in [0.05, 0.1) is 0 Å². The fourth-order valence-electron chi connectivity index (χ4n) is 3.46. The van der Waals surface area contributed by atoms with Crippen LogP contribution in [0.1, 0.15) is 31.8 Å². The van der Waals surface area contributed by atoms with Gasteiger partial charge < -0.3 is 9.80 Å². The van der Waals surface area contributed by atoms with E-state index in [4.69, 9.17) is 69.6 Å². The molecule has 144 valence electrons. The van der Waals surface area contributed by atoms with Gasteiger partial charge >= 0.3 is 0 Å². The van der Waals surface area contributed by atoms with E-state index < -0.39 is 19.9 Å². The lowest BCUT2D eigenvalue weighted by Gasteiger charge is -2.20. The lowest BCUT2D eigenvalue weighted by atomic mass is 9.83. The molecule has 2 aliphatic heterocycles. The second-order valence-electron chi connectivity index (χ2n) is 6.71. The Balaban J connectivity index is 1.55. The molecule has 2 saturated heterocycles. The third kappa shape index (κ3) is 2.46.